The number of fused-ring (bicyclic) bond motifs is 1. The van der Waals surface area contributed by atoms with Crippen molar-refractivity contribution in [3.8, 4) is 5.75 Å². The molecule has 4 rings (SSSR count). The smallest absolute Gasteiger partial charge is 0.272 e. The van der Waals surface area contributed by atoms with E-state index in [0.29, 0.717) is 12.3 Å². The van der Waals surface area contributed by atoms with Crippen molar-refractivity contribution in [1.82, 2.24) is 4.98 Å². The van der Waals surface area contributed by atoms with Crippen molar-refractivity contribution in [2.45, 2.75) is 20.5 Å². The van der Waals surface area contributed by atoms with Crippen LogP contribution in [0, 0.1) is 13.8 Å². The number of rotatable bonds is 5. The lowest BCUT2D eigenvalue weighted by Gasteiger charge is -2.09. The van der Waals surface area contributed by atoms with E-state index in [2.05, 4.69) is 10.3 Å². The topological polar surface area (TPSA) is 54.1 Å². The normalized spacial score (nSPS) is 10.8. The zero-order valence-electron chi connectivity index (χ0n) is 16.0. The zero-order chi connectivity index (χ0) is 19.5. The van der Waals surface area contributed by atoms with Gasteiger partial charge in [0.25, 0.3) is 5.91 Å². The summed E-state index contributed by atoms with van der Waals surface area (Å²) in [7, 11) is 0. The third kappa shape index (κ3) is 3.76. The van der Waals surface area contributed by atoms with E-state index in [9.17, 15) is 4.79 Å². The fourth-order valence-electron chi connectivity index (χ4n) is 3.14. The predicted molar refractivity (Wildman–Crippen MR) is 113 cm³/mol. The summed E-state index contributed by atoms with van der Waals surface area (Å²) < 4.78 is 5.87. The molecular weight excluding hydrogens is 348 g/mol. The molecule has 4 heteroatoms. The molecule has 140 valence electrons. The maximum absolute atomic E-state index is 12.7. The molecule has 2 N–H and O–H groups in total. The number of benzene rings is 3. The molecule has 4 nitrogen and oxygen atoms in total. The van der Waals surface area contributed by atoms with Crippen molar-refractivity contribution >= 4 is 22.5 Å². The van der Waals surface area contributed by atoms with Crippen molar-refractivity contribution in [2.24, 2.45) is 0 Å². The van der Waals surface area contributed by atoms with Crippen LogP contribution in [0.4, 0.5) is 5.69 Å². The standard InChI is InChI=1S/C24H22N2O2/c1-16-7-6-10-21(17(16)2)26-24(27)23-13-19-11-12-20(14-22(19)25-23)28-15-18-8-4-3-5-9-18/h3-14,25H,15H2,1-2H3,(H,26,27). The molecule has 4 aromatic rings. The van der Waals surface area contributed by atoms with Crippen LogP contribution in [-0.4, -0.2) is 10.9 Å². The Bertz CT molecular complexity index is 1130. The van der Waals surface area contributed by atoms with Crippen LogP contribution in [0.3, 0.4) is 0 Å². The molecule has 1 aromatic heterocycles. The number of aromatic amines is 1. The molecule has 0 atom stereocenters. The lowest BCUT2D eigenvalue weighted by atomic mass is 10.1. The number of amides is 1. The van der Waals surface area contributed by atoms with E-state index in [1.165, 1.54) is 0 Å². The Morgan fingerprint density at radius 2 is 1.79 bits per heavy atom. The fourth-order valence-corrected chi connectivity index (χ4v) is 3.14. The summed E-state index contributed by atoms with van der Waals surface area (Å²) in [6.07, 6.45) is 0. The first kappa shape index (κ1) is 17.9. The van der Waals surface area contributed by atoms with Crippen LogP contribution >= 0.6 is 0 Å². The Labute approximate surface area is 164 Å². The molecule has 0 saturated heterocycles. The number of carbonyl (C=O) groups is 1. The Hall–Kier alpha value is -3.53. The number of nitrogens with one attached hydrogen (secondary N) is 2. The summed E-state index contributed by atoms with van der Waals surface area (Å²) in [6, 6.07) is 23.6. The summed E-state index contributed by atoms with van der Waals surface area (Å²) in [6.45, 7) is 4.55. The number of H-pyrrole nitrogens is 1. The van der Waals surface area contributed by atoms with Crippen LogP contribution in [0.1, 0.15) is 27.2 Å². The average Bonchev–Trinajstić information content (AvgIpc) is 3.14. The SMILES string of the molecule is Cc1cccc(NC(=O)c2cc3ccc(OCc4ccccc4)cc3[nH]2)c1C. The first-order chi connectivity index (χ1) is 13.6. The monoisotopic (exact) mass is 370 g/mol. The van der Waals surface area contributed by atoms with E-state index in [4.69, 9.17) is 4.74 Å². The number of aryl methyl sites for hydroxylation is 1. The van der Waals surface area contributed by atoms with Gasteiger partial charge in [-0.1, -0.05) is 42.5 Å². The number of hydrogen-bond acceptors (Lipinski definition) is 2. The van der Waals surface area contributed by atoms with Crippen molar-refractivity contribution in [3.63, 3.8) is 0 Å². The van der Waals surface area contributed by atoms with Gasteiger partial charge in [0, 0.05) is 22.7 Å². The minimum absolute atomic E-state index is 0.156. The molecule has 28 heavy (non-hydrogen) atoms. The second-order valence-corrected chi connectivity index (χ2v) is 6.91. The van der Waals surface area contributed by atoms with Gasteiger partial charge in [0.2, 0.25) is 0 Å². The second-order valence-electron chi connectivity index (χ2n) is 6.91. The quantitative estimate of drug-likeness (QED) is 0.479. The van der Waals surface area contributed by atoms with E-state index >= 15 is 0 Å². The maximum atomic E-state index is 12.7. The highest BCUT2D eigenvalue weighted by atomic mass is 16.5. The Balaban J connectivity index is 1.51. The van der Waals surface area contributed by atoms with Crippen LogP contribution < -0.4 is 10.1 Å². The number of aromatic nitrogens is 1. The van der Waals surface area contributed by atoms with E-state index in [-0.39, 0.29) is 5.91 Å². The van der Waals surface area contributed by atoms with Crippen LogP contribution in [0.5, 0.6) is 5.75 Å². The minimum Gasteiger partial charge on any atom is -0.489 e. The van der Waals surface area contributed by atoms with Crippen LogP contribution in [-0.2, 0) is 6.61 Å². The number of ether oxygens (including phenoxy) is 1. The minimum atomic E-state index is -0.156. The second kappa shape index (κ2) is 7.61. The van der Waals surface area contributed by atoms with Gasteiger partial charge in [0.05, 0.1) is 0 Å². The molecule has 0 spiro atoms. The molecule has 0 aliphatic heterocycles. The van der Waals surface area contributed by atoms with Gasteiger partial charge in [-0.3, -0.25) is 4.79 Å². The molecule has 0 saturated carbocycles. The molecule has 0 unspecified atom stereocenters. The summed E-state index contributed by atoms with van der Waals surface area (Å²) in [5.41, 5.74) is 5.56. The largest absolute Gasteiger partial charge is 0.489 e. The molecule has 0 aliphatic carbocycles. The van der Waals surface area contributed by atoms with Gasteiger partial charge in [-0.2, -0.15) is 0 Å². The molecule has 0 bridgehead atoms. The Morgan fingerprint density at radius 1 is 0.964 bits per heavy atom. The van der Waals surface area contributed by atoms with E-state index in [0.717, 1.165) is 39.0 Å². The van der Waals surface area contributed by atoms with Crippen molar-refractivity contribution < 1.29 is 9.53 Å². The van der Waals surface area contributed by atoms with Gasteiger partial charge in [0.15, 0.2) is 0 Å². The lowest BCUT2D eigenvalue weighted by Crippen LogP contribution is -2.13. The Kier molecular flexibility index (Phi) is 4.85. The summed E-state index contributed by atoms with van der Waals surface area (Å²) in [5.74, 6) is 0.608. The highest BCUT2D eigenvalue weighted by Gasteiger charge is 2.12. The zero-order valence-corrected chi connectivity index (χ0v) is 16.0. The predicted octanol–water partition coefficient (Wildman–Crippen LogP) is 5.62. The van der Waals surface area contributed by atoms with Gasteiger partial charge < -0.3 is 15.0 Å². The van der Waals surface area contributed by atoms with Gasteiger partial charge in [-0.25, -0.2) is 0 Å². The molecule has 1 heterocycles. The van der Waals surface area contributed by atoms with Crippen molar-refractivity contribution in [3.05, 3.63) is 95.2 Å². The lowest BCUT2D eigenvalue weighted by molar-refractivity contribution is 0.102. The molecule has 1 amide bonds. The number of hydrogen-bond donors (Lipinski definition) is 2. The molecular formula is C24H22N2O2. The summed E-state index contributed by atoms with van der Waals surface area (Å²) in [5, 5.41) is 3.96. The number of carbonyl (C=O) groups excluding carboxylic acids is 1. The van der Waals surface area contributed by atoms with Crippen molar-refractivity contribution in [1.29, 1.82) is 0 Å². The van der Waals surface area contributed by atoms with Crippen LogP contribution in [0.25, 0.3) is 10.9 Å². The third-order valence-electron chi connectivity index (χ3n) is 4.94. The first-order valence-corrected chi connectivity index (χ1v) is 9.27. The van der Waals surface area contributed by atoms with Gasteiger partial charge in [-0.05, 0) is 54.8 Å². The number of anilines is 1. The molecule has 0 aliphatic rings. The maximum Gasteiger partial charge on any atom is 0.272 e. The highest BCUT2D eigenvalue weighted by molar-refractivity contribution is 6.06. The van der Waals surface area contributed by atoms with E-state index < -0.39 is 0 Å². The summed E-state index contributed by atoms with van der Waals surface area (Å²) >= 11 is 0. The van der Waals surface area contributed by atoms with Crippen LogP contribution in [0.2, 0.25) is 0 Å². The molecule has 3 aromatic carbocycles. The van der Waals surface area contributed by atoms with Crippen molar-refractivity contribution in [2.75, 3.05) is 5.32 Å². The third-order valence-corrected chi connectivity index (χ3v) is 4.94. The first-order valence-electron chi connectivity index (χ1n) is 9.27. The average molecular weight is 370 g/mol. The van der Waals surface area contributed by atoms with Gasteiger partial charge >= 0.3 is 0 Å². The Morgan fingerprint density at radius 3 is 2.61 bits per heavy atom. The fraction of sp³-hybridized carbons (Fsp3) is 0.125. The van der Waals surface area contributed by atoms with Crippen LogP contribution in [0.15, 0.2) is 72.8 Å². The van der Waals surface area contributed by atoms with E-state index in [1.54, 1.807) is 0 Å². The van der Waals surface area contributed by atoms with E-state index in [1.807, 2.05) is 86.6 Å². The van der Waals surface area contributed by atoms with Gasteiger partial charge in [-0.15, -0.1) is 0 Å². The summed E-state index contributed by atoms with van der Waals surface area (Å²) in [4.78, 5) is 15.9. The molecule has 0 fully saturated rings. The molecule has 0 radical (unpaired) electrons. The highest BCUT2D eigenvalue weighted by Crippen LogP contribution is 2.24. The van der Waals surface area contributed by atoms with Gasteiger partial charge in [0.1, 0.15) is 18.1 Å².